The first-order valence-electron chi connectivity index (χ1n) is 5.95. The number of alkyl halides is 3. The monoisotopic (exact) mass is 306 g/mol. The van der Waals surface area contributed by atoms with Crippen LogP contribution in [0.1, 0.15) is 19.4 Å². The molecule has 1 N–H and O–H groups in total. The number of carbonyl (C=O) groups is 1. The van der Waals surface area contributed by atoms with Gasteiger partial charge in [0.15, 0.2) is 0 Å². The van der Waals surface area contributed by atoms with Gasteiger partial charge in [-0.15, -0.1) is 0 Å². The van der Waals surface area contributed by atoms with Crippen LogP contribution in [0.5, 0.6) is 0 Å². The molecule has 1 aromatic rings. The Labute approximate surface area is 118 Å². The molecule has 6 nitrogen and oxygen atoms in total. The highest BCUT2D eigenvalue weighted by Crippen LogP contribution is 2.37. The predicted molar refractivity (Wildman–Crippen MR) is 67.8 cm³/mol. The first-order valence-corrected chi connectivity index (χ1v) is 5.95. The molecule has 1 atom stereocenters. The predicted octanol–water partition coefficient (Wildman–Crippen LogP) is 2.98. The van der Waals surface area contributed by atoms with Crippen molar-refractivity contribution in [2.75, 3.05) is 11.9 Å². The molecule has 21 heavy (non-hydrogen) atoms. The van der Waals surface area contributed by atoms with Gasteiger partial charge >= 0.3 is 6.18 Å². The smallest absolute Gasteiger partial charge is 0.369 e. The van der Waals surface area contributed by atoms with Gasteiger partial charge in [0, 0.05) is 18.4 Å². The number of nitrogens with zero attached hydrogens (tertiary/aromatic N) is 1. The number of nitro groups is 1. The Bertz CT molecular complexity index is 546. The van der Waals surface area contributed by atoms with Gasteiger partial charge in [-0.2, -0.15) is 13.2 Å². The Hall–Kier alpha value is -2.16. The maximum absolute atomic E-state index is 12.8. The quantitative estimate of drug-likeness (QED) is 0.669. The number of halogens is 3. The molecule has 0 saturated heterocycles. The standard InChI is InChI=1S/C12H13F3N2O4/c1-3-21-7(2)11(18)16-8-4-5-10(17(19)20)9(6-8)12(13,14)15/h4-7H,3H2,1-2H3,(H,16,18). The van der Waals surface area contributed by atoms with Gasteiger partial charge in [-0.1, -0.05) is 0 Å². The van der Waals surface area contributed by atoms with Gasteiger partial charge in [0.25, 0.3) is 11.6 Å². The number of anilines is 1. The van der Waals surface area contributed by atoms with Crippen LogP contribution in [-0.4, -0.2) is 23.5 Å². The summed E-state index contributed by atoms with van der Waals surface area (Å²) >= 11 is 0. The number of rotatable bonds is 5. The van der Waals surface area contributed by atoms with E-state index in [4.69, 9.17) is 4.74 Å². The van der Waals surface area contributed by atoms with Gasteiger partial charge in [-0.3, -0.25) is 14.9 Å². The SMILES string of the molecule is CCOC(C)C(=O)Nc1ccc([N+](=O)[O-])c(C(F)(F)F)c1. The maximum Gasteiger partial charge on any atom is 0.423 e. The summed E-state index contributed by atoms with van der Waals surface area (Å²) in [4.78, 5) is 21.1. The van der Waals surface area contributed by atoms with Crippen LogP contribution in [0, 0.1) is 10.1 Å². The molecule has 9 heteroatoms. The number of nitro benzene ring substituents is 1. The van der Waals surface area contributed by atoms with Gasteiger partial charge in [0.2, 0.25) is 0 Å². The first kappa shape index (κ1) is 16.9. The van der Waals surface area contributed by atoms with Gasteiger partial charge in [-0.25, -0.2) is 0 Å². The third kappa shape index (κ3) is 4.42. The minimum absolute atomic E-state index is 0.190. The fourth-order valence-electron chi connectivity index (χ4n) is 1.57. The second kappa shape index (κ2) is 6.53. The molecule has 0 bridgehead atoms. The van der Waals surface area contributed by atoms with Crippen molar-refractivity contribution in [1.82, 2.24) is 0 Å². The zero-order chi connectivity index (χ0) is 16.2. The van der Waals surface area contributed by atoms with Crippen molar-refractivity contribution < 1.29 is 27.6 Å². The van der Waals surface area contributed by atoms with Crippen LogP contribution in [0.15, 0.2) is 18.2 Å². The molecule has 0 spiro atoms. The molecule has 0 aliphatic rings. The van der Waals surface area contributed by atoms with Crippen molar-refractivity contribution in [2.24, 2.45) is 0 Å². The summed E-state index contributed by atoms with van der Waals surface area (Å²) in [6, 6.07) is 2.25. The summed E-state index contributed by atoms with van der Waals surface area (Å²) in [7, 11) is 0. The van der Waals surface area contributed by atoms with E-state index in [1.807, 2.05) is 0 Å². The lowest BCUT2D eigenvalue weighted by Crippen LogP contribution is -2.27. The molecule has 0 aliphatic carbocycles. The number of hydrogen-bond donors (Lipinski definition) is 1. The van der Waals surface area contributed by atoms with Crippen LogP contribution in [0.4, 0.5) is 24.5 Å². The molecule has 1 aromatic carbocycles. The second-order valence-corrected chi connectivity index (χ2v) is 4.07. The zero-order valence-corrected chi connectivity index (χ0v) is 11.2. The average molecular weight is 306 g/mol. The summed E-state index contributed by atoms with van der Waals surface area (Å²) < 4.78 is 43.3. The van der Waals surface area contributed by atoms with Crippen molar-refractivity contribution in [3.8, 4) is 0 Å². The molecule has 0 aromatic heterocycles. The molecular formula is C12H13F3N2O4. The number of hydrogen-bond acceptors (Lipinski definition) is 4. The van der Waals surface area contributed by atoms with Crippen molar-refractivity contribution in [2.45, 2.75) is 26.1 Å². The molecule has 1 unspecified atom stereocenters. The lowest BCUT2D eigenvalue weighted by molar-refractivity contribution is -0.388. The Kier molecular flexibility index (Phi) is 5.25. The van der Waals surface area contributed by atoms with Crippen molar-refractivity contribution in [1.29, 1.82) is 0 Å². The van der Waals surface area contributed by atoms with E-state index in [2.05, 4.69) is 5.32 Å². The van der Waals surface area contributed by atoms with Crippen LogP contribution < -0.4 is 5.32 Å². The Morgan fingerprint density at radius 1 is 1.48 bits per heavy atom. The van der Waals surface area contributed by atoms with Crippen molar-refractivity contribution in [3.63, 3.8) is 0 Å². The van der Waals surface area contributed by atoms with E-state index in [0.29, 0.717) is 12.1 Å². The highest BCUT2D eigenvalue weighted by molar-refractivity contribution is 5.94. The van der Waals surface area contributed by atoms with E-state index in [1.165, 1.54) is 6.92 Å². The third-order valence-corrected chi connectivity index (χ3v) is 2.55. The minimum Gasteiger partial charge on any atom is -0.369 e. The van der Waals surface area contributed by atoms with Gasteiger partial charge in [0.1, 0.15) is 11.7 Å². The molecule has 1 amide bonds. The normalized spacial score (nSPS) is 12.8. The molecule has 0 fully saturated rings. The van der Waals surface area contributed by atoms with E-state index in [9.17, 15) is 28.1 Å². The molecule has 1 rings (SSSR count). The van der Waals surface area contributed by atoms with Crippen LogP contribution in [0.2, 0.25) is 0 Å². The van der Waals surface area contributed by atoms with Gasteiger partial charge in [-0.05, 0) is 26.0 Å². The number of ether oxygens (including phenoxy) is 1. The average Bonchev–Trinajstić information content (AvgIpc) is 2.37. The second-order valence-electron chi connectivity index (χ2n) is 4.07. The Balaban J connectivity index is 3.06. The molecule has 0 saturated carbocycles. The van der Waals surface area contributed by atoms with E-state index >= 15 is 0 Å². The van der Waals surface area contributed by atoms with Gasteiger partial charge < -0.3 is 10.1 Å². The molecular weight excluding hydrogens is 293 g/mol. The first-order chi connectivity index (χ1) is 9.66. The summed E-state index contributed by atoms with van der Waals surface area (Å²) in [6.07, 6.45) is -5.74. The van der Waals surface area contributed by atoms with E-state index in [-0.39, 0.29) is 12.3 Å². The molecule has 0 aliphatic heterocycles. The molecule has 0 radical (unpaired) electrons. The number of carbonyl (C=O) groups excluding carboxylic acids is 1. The number of nitrogens with one attached hydrogen (secondary N) is 1. The van der Waals surface area contributed by atoms with Crippen LogP contribution in [0.25, 0.3) is 0 Å². The topological polar surface area (TPSA) is 81.5 Å². The minimum atomic E-state index is -4.89. The maximum atomic E-state index is 12.8. The fourth-order valence-corrected chi connectivity index (χ4v) is 1.57. The van der Waals surface area contributed by atoms with Crippen molar-refractivity contribution in [3.05, 3.63) is 33.9 Å². The third-order valence-electron chi connectivity index (χ3n) is 2.55. The number of benzene rings is 1. The van der Waals surface area contributed by atoms with Crippen LogP contribution >= 0.6 is 0 Å². The summed E-state index contributed by atoms with van der Waals surface area (Å²) in [5, 5.41) is 12.8. The summed E-state index contributed by atoms with van der Waals surface area (Å²) in [5.74, 6) is -0.640. The van der Waals surface area contributed by atoms with E-state index in [1.54, 1.807) is 6.92 Å². The fraction of sp³-hybridized carbons (Fsp3) is 0.417. The zero-order valence-electron chi connectivity index (χ0n) is 11.2. The van der Waals surface area contributed by atoms with E-state index in [0.717, 1.165) is 6.07 Å². The van der Waals surface area contributed by atoms with Crippen LogP contribution in [-0.2, 0) is 15.7 Å². The molecule has 116 valence electrons. The summed E-state index contributed by atoms with van der Waals surface area (Å²) in [5.41, 5.74) is -2.68. The summed E-state index contributed by atoms with van der Waals surface area (Å²) in [6.45, 7) is 3.37. The van der Waals surface area contributed by atoms with Crippen LogP contribution in [0.3, 0.4) is 0 Å². The van der Waals surface area contributed by atoms with Gasteiger partial charge in [0.05, 0.1) is 4.92 Å². The Morgan fingerprint density at radius 2 is 2.10 bits per heavy atom. The van der Waals surface area contributed by atoms with Crippen molar-refractivity contribution >= 4 is 17.3 Å². The Morgan fingerprint density at radius 3 is 2.57 bits per heavy atom. The lowest BCUT2D eigenvalue weighted by Gasteiger charge is -2.13. The highest BCUT2D eigenvalue weighted by Gasteiger charge is 2.38. The number of amides is 1. The lowest BCUT2D eigenvalue weighted by atomic mass is 10.1. The molecule has 0 heterocycles. The largest absolute Gasteiger partial charge is 0.423 e. The van der Waals surface area contributed by atoms with E-state index < -0.39 is 34.4 Å². The highest BCUT2D eigenvalue weighted by atomic mass is 19.4.